The van der Waals surface area contributed by atoms with Gasteiger partial charge in [0.1, 0.15) is 6.07 Å². The number of para-hydroxylation sites is 1. The lowest BCUT2D eigenvalue weighted by atomic mass is 10.1. The molecule has 0 saturated carbocycles. The third-order valence-corrected chi connectivity index (χ3v) is 2.76. The highest BCUT2D eigenvalue weighted by Crippen LogP contribution is 2.13. The summed E-state index contributed by atoms with van der Waals surface area (Å²) in [5, 5.41) is 22.7. The summed E-state index contributed by atoms with van der Waals surface area (Å²) >= 11 is 0. The molecule has 0 aliphatic heterocycles. The van der Waals surface area contributed by atoms with Crippen LogP contribution in [0.5, 0.6) is 0 Å². The number of amides is 2. The largest absolute Gasteiger partial charge is 0.481 e. The van der Waals surface area contributed by atoms with Crippen LogP contribution in [0, 0.1) is 17.2 Å². The molecule has 0 aromatic heterocycles. The summed E-state index contributed by atoms with van der Waals surface area (Å²) in [6.45, 7) is 2.25. The molecule has 1 aromatic rings. The number of hydrogen-bond donors (Lipinski definition) is 3. The van der Waals surface area contributed by atoms with Crippen molar-refractivity contribution in [1.29, 1.82) is 5.26 Å². The fraction of sp³-hybridized carbons (Fsp3) is 0.357. The van der Waals surface area contributed by atoms with Gasteiger partial charge in [-0.05, 0) is 24.5 Å². The van der Waals surface area contributed by atoms with Crippen LogP contribution in [0.1, 0.15) is 25.3 Å². The highest BCUT2D eigenvalue weighted by atomic mass is 16.4. The predicted molar refractivity (Wildman–Crippen MR) is 74.2 cm³/mol. The zero-order valence-corrected chi connectivity index (χ0v) is 11.2. The van der Waals surface area contributed by atoms with Crippen LogP contribution in [-0.4, -0.2) is 23.7 Å². The number of hydrogen-bond acceptors (Lipinski definition) is 3. The molecule has 3 N–H and O–H groups in total. The zero-order chi connectivity index (χ0) is 15.0. The molecule has 0 radical (unpaired) electrons. The fourth-order valence-electron chi connectivity index (χ4n) is 1.59. The molecule has 0 fully saturated rings. The minimum absolute atomic E-state index is 0.0723. The van der Waals surface area contributed by atoms with Crippen molar-refractivity contribution in [2.45, 2.75) is 19.8 Å². The molecule has 1 unspecified atom stereocenters. The maximum absolute atomic E-state index is 11.7. The normalized spacial score (nSPS) is 11.2. The molecule has 6 nitrogen and oxygen atoms in total. The number of rotatable bonds is 6. The Hall–Kier alpha value is -2.55. The number of carboxylic acids is 1. The molecule has 2 amide bonds. The van der Waals surface area contributed by atoms with E-state index in [1.54, 1.807) is 24.3 Å². The van der Waals surface area contributed by atoms with E-state index in [4.69, 9.17) is 10.4 Å². The zero-order valence-electron chi connectivity index (χ0n) is 11.2. The van der Waals surface area contributed by atoms with Gasteiger partial charge in [0.25, 0.3) is 0 Å². The molecule has 0 heterocycles. The van der Waals surface area contributed by atoms with Crippen LogP contribution >= 0.6 is 0 Å². The van der Waals surface area contributed by atoms with Crippen LogP contribution in [0.25, 0.3) is 0 Å². The monoisotopic (exact) mass is 275 g/mol. The minimum Gasteiger partial charge on any atom is -0.481 e. The van der Waals surface area contributed by atoms with Gasteiger partial charge >= 0.3 is 12.0 Å². The number of anilines is 1. The lowest BCUT2D eigenvalue weighted by molar-refractivity contribution is -0.137. The highest BCUT2D eigenvalue weighted by Gasteiger charge is 2.09. The first-order chi connectivity index (χ1) is 9.52. The lowest BCUT2D eigenvalue weighted by Crippen LogP contribution is -2.32. The molecule has 0 spiro atoms. The Morgan fingerprint density at radius 3 is 2.75 bits per heavy atom. The first kappa shape index (κ1) is 15.5. The van der Waals surface area contributed by atoms with Gasteiger partial charge in [-0.1, -0.05) is 19.1 Å². The van der Waals surface area contributed by atoms with E-state index in [1.165, 1.54) is 0 Å². The van der Waals surface area contributed by atoms with E-state index in [0.717, 1.165) is 0 Å². The van der Waals surface area contributed by atoms with Crippen LogP contribution in [0.4, 0.5) is 10.5 Å². The van der Waals surface area contributed by atoms with Crippen molar-refractivity contribution in [3.8, 4) is 6.07 Å². The Kier molecular flexibility index (Phi) is 6.04. The smallest absolute Gasteiger partial charge is 0.319 e. The SMILES string of the molecule is CC(CCC(=O)O)CNC(=O)Nc1ccccc1C#N. The van der Waals surface area contributed by atoms with Crippen LogP contribution in [0.15, 0.2) is 24.3 Å². The van der Waals surface area contributed by atoms with Crippen LogP contribution in [-0.2, 0) is 4.79 Å². The van der Waals surface area contributed by atoms with Gasteiger partial charge in [0.05, 0.1) is 11.3 Å². The number of nitrogens with one attached hydrogen (secondary N) is 2. The molecule has 106 valence electrons. The van der Waals surface area contributed by atoms with E-state index in [9.17, 15) is 9.59 Å². The van der Waals surface area contributed by atoms with Gasteiger partial charge in [0.2, 0.25) is 0 Å². The molecule has 6 heteroatoms. The Labute approximate surface area is 117 Å². The van der Waals surface area contributed by atoms with Crippen molar-refractivity contribution in [3.05, 3.63) is 29.8 Å². The van der Waals surface area contributed by atoms with Crippen molar-refractivity contribution in [1.82, 2.24) is 5.32 Å². The number of nitriles is 1. The third-order valence-electron chi connectivity index (χ3n) is 2.76. The summed E-state index contributed by atoms with van der Waals surface area (Å²) in [7, 11) is 0. The van der Waals surface area contributed by atoms with Gasteiger partial charge < -0.3 is 15.7 Å². The van der Waals surface area contributed by atoms with Gasteiger partial charge in [-0.3, -0.25) is 4.79 Å². The van der Waals surface area contributed by atoms with E-state index >= 15 is 0 Å². The average Bonchev–Trinajstić information content (AvgIpc) is 2.43. The molecule has 0 bridgehead atoms. The molecule has 0 saturated heterocycles. The summed E-state index contributed by atoms with van der Waals surface area (Å²) < 4.78 is 0. The summed E-state index contributed by atoms with van der Waals surface area (Å²) in [5.41, 5.74) is 0.840. The topological polar surface area (TPSA) is 102 Å². The van der Waals surface area contributed by atoms with Gasteiger partial charge in [0.15, 0.2) is 0 Å². The standard InChI is InChI=1S/C14H17N3O3/c1-10(6-7-13(18)19)9-16-14(20)17-12-5-3-2-4-11(12)8-15/h2-5,10H,6-7,9H2,1H3,(H,18,19)(H2,16,17,20). The summed E-state index contributed by atoms with van der Waals surface area (Å²) in [6, 6.07) is 8.29. The van der Waals surface area contributed by atoms with E-state index < -0.39 is 12.0 Å². The average molecular weight is 275 g/mol. The third kappa shape index (κ3) is 5.40. The van der Waals surface area contributed by atoms with E-state index in [0.29, 0.717) is 24.2 Å². The predicted octanol–water partition coefficient (Wildman–Crippen LogP) is 2.18. The number of carboxylic acid groups (broad SMARTS) is 1. The molecule has 1 aromatic carbocycles. The molecular weight excluding hydrogens is 258 g/mol. The van der Waals surface area contributed by atoms with Gasteiger partial charge in [-0.2, -0.15) is 5.26 Å². The maximum Gasteiger partial charge on any atom is 0.319 e. The second kappa shape index (κ2) is 7.79. The molecule has 0 aliphatic carbocycles. The first-order valence-electron chi connectivity index (χ1n) is 6.28. The van der Waals surface area contributed by atoms with Gasteiger partial charge in [-0.15, -0.1) is 0 Å². The van der Waals surface area contributed by atoms with E-state index in [-0.39, 0.29) is 12.3 Å². The fourth-order valence-corrected chi connectivity index (χ4v) is 1.59. The summed E-state index contributed by atoms with van der Waals surface area (Å²) in [5.74, 6) is -0.771. The van der Waals surface area contributed by atoms with Crippen LogP contribution in [0.3, 0.4) is 0 Å². The second-order valence-electron chi connectivity index (χ2n) is 4.53. The summed E-state index contributed by atoms with van der Waals surface area (Å²) in [6.07, 6.45) is 0.589. The van der Waals surface area contributed by atoms with Crippen molar-refractivity contribution in [2.24, 2.45) is 5.92 Å². The number of urea groups is 1. The van der Waals surface area contributed by atoms with E-state index in [2.05, 4.69) is 10.6 Å². The molecule has 1 atom stereocenters. The van der Waals surface area contributed by atoms with Crippen molar-refractivity contribution >= 4 is 17.7 Å². The number of carbonyl (C=O) groups excluding carboxylic acids is 1. The number of benzene rings is 1. The number of carbonyl (C=O) groups is 2. The molecule has 0 aliphatic rings. The Balaban J connectivity index is 2.41. The number of nitrogens with zero attached hydrogens (tertiary/aromatic N) is 1. The Morgan fingerprint density at radius 1 is 1.40 bits per heavy atom. The van der Waals surface area contributed by atoms with Crippen molar-refractivity contribution in [3.63, 3.8) is 0 Å². The lowest BCUT2D eigenvalue weighted by Gasteiger charge is -2.12. The number of aliphatic carboxylic acids is 1. The molecule has 20 heavy (non-hydrogen) atoms. The van der Waals surface area contributed by atoms with Crippen molar-refractivity contribution < 1.29 is 14.7 Å². The van der Waals surface area contributed by atoms with Crippen molar-refractivity contribution in [2.75, 3.05) is 11.9 Å². The Morgan fingerprint density at radius 2 is 2.10 bits per heavy atom. The molecule has 1 rings (SSSR count). The molecular formula is C14H17N3O3. The first-order valence-corrected chi connectivity index (χ1v) is 6.28. The van der Waals surface area contributed by atoms with Crippen LogP contribution < -0.4 is 10.6 Å². The van der Waals surface area contributed by atoms with E-state index in [1.807, 2.05) is 13.0 Å². The maximum atomic E-state index is 11.7. The summed E-state index contributed by atoms with van der Waals surface area (Å²) in [4.78, 5) is 22.1. The quantitative estimate of drug-likeness (QED) is 0.740. The Bertz CT molecular complexity index is 523. The second-order valence-corrected chi connectivity index (χ2v) is 4.53. The van der Waals surface area contributed by atoms with Crippen LogP contribution in [0.2, 0.25) is 0 Å². The highest BCUT2D eigenvalue weighted by molar-refractivity contribution is 5.90. The van der Waals surface area contributed by atoms with Gasteiger partial charge in [-0.25, -0.2) is 4.79 Å². The van der Waals surface area contributed by atoms with Gasteiger partial charge in [0, 0.05) is 13.0 Å². The minimum atomic E-state index is -0.843.